The molecule has 4 aromatic rings. The number of nitrogens with zero attached hydrogens (tertiary/aromatic N) is 1. The van der Waals surface area contributed by atoms with E-state index in [-0.39, 0.29) is 11.7 Å². The maximum Gasteiger partial charge on any atom is 0.262 e. The Labute approximate surface area is 172 Å². The van der Waals surface area contributed by atoms with E-state index in [0.29, 0.717) is 30.2 Å². The molecule has 0 bridgehead atoms. The minimum Gasteiger partial charge on any atom is -0.382 e. The second-order valence-electron chi connectivity index (χ2n) is 6.64. The first kappa shape index (κ1) is 19.5. The average molecular weight is 408 g/mol. The smallest absolute Gasteiger partial charge is 0.262 e. The largest absolute Gasteiger partial charge is 0.382 e. The number of ether oxygens (including phenoxy) is 1. The molecule has 4 rings (SSSR count). The summed E-state index contributed by atoms with van der Waals surface area (Å²) in [6, 6.07) is 14.3. The number of rotatable bonds is 7. The van der Waals surface area contributed by atoms with Gasteiger partial charge in [-0.1, -0.05) is 30.3 Å². The third-order valence-corrected chi connectivity index (χ3v) is 5.94. The Morgan fingerprint density at radius 3 is 2.79 bits per heavy atom. The van der Waals surface area contributed by atoms with E-state index in [4.69, 9.17) is 4.74 Å². The van der Waals surface area contributed by atoms with Crippen molar-refractivity contribution < 1.29 is 13.9 Å². The zero-order valence-electron chi connectivity index (χ0n) is 16.1. The molecule has 2 aromatic carbocycles. The molecule has 0 saturated heterocycles. The van der Waals surface area contributed by atoms with Crippen LogP contribution in [0.1, 0.15) is 23.0 Å². The fourth-order valence-electron chi connectivity index (χ4n) is 3.36. The van der Waals surface area contributed by atoms with Crippen molar-refractivity contribution in [2.75, 3.05) is 19.8 Å². The number of aromatic nitrogens is 1. The van der Waals surface area contributed by atoms with E-state index in [0.717, 1.165) is 33.0 Å². The second-order valence-corrected chi connectivity index (χ2v) is 7.66. The normalized spacial score (nSPS) is 11.2. The lowest BCUT2D eigenvalue weighted by atomic mass is 10.0. The van der Waals surface area contributed by atoms with Gasteiger partial charge in [0.25, 0.3) is 5.91 Å². The summed E-state index contributed by atoms with van der Waals surface area (Å²) in [6.07, 6.45) is 2.53. The number of hydrogen-bond donors (Lipinski definition) is 1. The minimum atomic E-state index is -0.316. The van der Waals surface area contributed by atoms with E-state index in [2.05, 4.69) is 10.3 Å². The Morgan fingerprint density at radius 2 is 2.00 bits per heavy atom. The Balaban J connectivity index is 1.80. The highest BCUT2D eigenvalue weighted by molar-refractivity contribution is 7.22. The quantitative estimate of drug-likeness (QED) is 0.416. The summed E-state index contributed by atoms with van der Waals surface area (Å²) >= 11 is 1.38. The minimum absolute atomic E-state index is 0.133. The molecule has 0 saturated carbocycles. The average Bonchev–Trinajstić information content (AvgIpc) is 3.14. The van der Waals surface area contributed by atoms with E-state index in [9.17, 15) is 9.18 Å². The first-order valence-corrected chi connectivity index (χ1v) is 10.4. The van der Waals surface area contributed by atoms with E-state index < -0.39 is 0 Å². The lowest BCUT2D eigenvalue weighted by molar-refractivity contribution is 0.0949. The molecule has 2 aromatic heterocycles. The molecule has 0 aliphatic carbocycles. The lowest BCUT2D eigenvalue weighted by Gasteiger charge is -2.07. The van der Waals surface area contributed by atoms with Crippen LogP contribution in [-0.2, 0) is 4.74 Å². The van der Waals surface area contributed by atoms with Crippen LogP contribution >= 0.6 is 11.3 Å². The van der Waals surface area contributed by atoms with Crippen molar-refractivity contribution in [3.63, 3.8) is 0 Å². The van der Waals surface area contributed by atoms with Gasteiger partial charge < -0.3 is 10.1 Å². The summed E-state index contributed by atoms with van der Waals surface area (Å²) in [7, 11) is 0. The van der Waals surface area contributed by atoms with Gasteiger partial charge in [0.2, 0.25) is 0 Å². The van der Waals surface area contributed by atoms with E-state index in [1.54, 1.807) is 12.3 Å². The number of hydrogen-bond acceptors (Lipinski definition) is 4. The number of amides is 1. The van der Waals surface area contributed by atoms with Crippen molar-refractivity contribution in [2.24, 2.45) is 0 Å². The molecule has 4 nitrogen and oxygen atoms in total. The maximum atomic E-state index is 13.9. The summed E-state index contributed by atoms with van der Waals surface area (Å²) in [5.74, 6) is -0.450. The summed E-state index contributed by atoms with van der Waals surface area (Å²) in [5.41, 5.74) is 2.49. The van der Waals surface area contributed by atoms with Gasteiger partial charge in [0, 0.05) is 47.0 Å². The molecule has 0 radical (unpaired) electrons. The van der Waals surface area contributed by atoms with E-state index >= 15 is 0 Å². The van der Waals surface area contributed by atoms with Gasteiger partial charge in [0.15, 0.2) is 0 Å². The number of nitrogens with one attached hydrogen (secondary N) is 1. The van der Waals surface area contributed by atoms with Crippen molar-refractivity contribution >= 4 is 38.2 Å². The second kappa shape index (κ2) is 8.68. The molecule has 6 heteroatoms. The predicted molar refractivity (Wildman–Crippen MR) is 116 cm³/mol. The highest BCUT2D eigenvalue weighted by atomic mass is 32.1. The van der Waals surface area contributed by atoms with Crippen LogP contribution in [0.2, 0.25) is 0 Å². The van der Waals surface area contributed by atoms with Crippen molar-refractivity contribution in [3.05, 3.63) is 65.4 Å². The zero-order valence-corrected chi connectivity index (χ0v) is 16.9. The maximum absolute atomic E-state index is 13.9. The third-order valence-electron chi connectivity index (χ3n) is 4.70. The molecule has 0 unspecified atom stereocenters. The molecule has 2 heterocycles. The molecule has 0 aliphatic rings. The van der Waals surface area contributed by atoms with Gasteiger partial charge in [-0.15, -0.1) is 11.3 Å². The van der Waals surface area contributed by atoms with Gasteiger partial charge in [-0.3, -0.25) is 9.78 Å². The van der Waals surface area contributed by atoms with E-state index in [1.807, 2.05) is 37.3 Å². The van der Waals surface area contributed by atoms with Crippen LogP contribution in [0.3, 0.4) is 0 Å². The van der Waals surface area contributed by atoms with Crippen LogP contribution < -0.4 is 5.32 Å². The van der Waals surface area contributed by atoms with Gasteiger partial charge in [0.05, 0.1) is 5.52 Å². The molecule has 0 spiro atoms. The van der Waals surface area contributed by atoms with Crippen molar-refractivity contribution in [2.45, 2.75) is 13.3 Å². The van der Waals surface area contributed by atoms with Crippen LogP contribution in [0.5, 0.6) is 0 Å². The number of benzene rings is 2. The van der Waals surface area contributed by atoms with Crippen molar-refractivity contribution in [3.8, 4) is 11.1 Å². The first-order valence-electron chi connectivity index (χ1n) is 9.61. The molecule has 1 N–H and O–H groups in total. The van der Waals surface area contributed by atoms with Crippen LogP contribution in [0.25, 0.3) is 32.1 Å². The van der Waals surface area contributed by atoms with E-state index in [1.165, 1.54) is 23.5 Å². The molecule has 148 valence electrons. The summed E-state index contributed by atoms with van der Waals surface area (Å²) < 4.78 is 20.1. The summed E-state index contributed by atoms with van der Waals surface area (Å²) in [6.45, 7) is 3.76. The van der Waals surface area contributed by atoms with Gasteiger partial charge in [-0.2, -0.15) is 0 Å². The van der Waals surface area contributed by atoms with Crippen LogP contribution in [0.15, 0.2) is 54.7 Å². The lowest BCUT2D eigenvalue weighted by Crippen LogP contribution is -2.24. The van der Waals surface area contributed by atoms with Crippen molar-refractivity contribution in [1.29, 1.82) is 0 Å². The number of carbonyl (C=O) groups is 1. The first-order chi connectivity index (χ1) is 14.2. The molecule has 0 aliphatic heterocycles. The topological polar surface area (TPSA) is 51.2 Å². The molecule has 29 heavy (non-hydrogen) atoms. The Morgan fingerprint density at radius 1 is 1.17 bits per heavy atom. The van der Waals surface area contributed by atoms with Crippen LogP contribution in [0, 0.1) is 5.82 Å². The van der Waals surface area contributed by atoms with Crippen LogP contribution in [-0.4, -0.2) is 30.6 Å². The Kier molecular flexibility index (Phi) is 5.83. The number of carbonyl (C=O) groups excluding carboxylic acids is 1. The molecule has 0 atom stereocenters. The highest BCUT2D eigenvalue weighted by Gasteiger charge is 2.21. The number of fused-ring (bicyclic) bond motifs is 3. The zero-order chi connectivity index (χ0) is 20.2. The molecule has 0 fully saturated rings. The van der Waals surface area contributed by atoms with Gasteiger partial charge >= 0.3 is 0 Å². The molecular formula is C23H21FN2O2S. The fraction of sp³-hybridized carbons (Fsp3) is 0.217. The summed E-state index contributed by atoms with van der Waals surface area (Å²) in [4.78, 5) is 18.1. The van der Waals surface area contributed by atoms with Gasteiger partial charge in [-0.05, 0) is 37.1 Å². The number of halogens is 1. The monoisotopic (exact) mass is 408 g/mol. The van der Waals surface area contributed by atoms with Gasteiger partial charge in [-0.25, -0.2) is 4.39 Å². The fourth-order valence-corrected chi connectivity index (χ4v) is 4.59. The third kappa shape index (κ3) is 3.99. The van der Waals surface area contributed by atoms with Crippen LogP contribution in [0.4, 0.5) is 4.39 Å². The molecular weight excluding hydrogens is 387 g/mol. The standard InChI is InChI=1S/C23H21FN2O2S/c1-2-28-12-6-11-25-23(27)22-20(15-7-4-3-5-8-15)18-14-26-19-10-9-16(24)13-17(19)21(18)29-22/h3-5,7-10,13-14H,2,6,11-12H2,1H3,(H,25,27). The summed E-state index contributed by atoms with van der Waals surface area (Å²) in [5, 5.41) is 4.57. The number of thiophene rings is 1. The van der Waals surface area contributed by atoms with Crippen molar-refractivity contribution in [1.82, 2.24) is 10.3 Å². The highest BCUT2D eigenvalue weighted by Crippen LogP contribution is 2.41. The number of pyridine rings is 1. The molecule has 1 amide bonds. The Hall–Kier alpha value is -2.83. The SMILES string of the molecule is CCOCCCNC(=O)c1sc2c(cnc3ccc(F)cc32)c1-c1ccccc1. The Bertz CT molecular complexity index is 1160. The van der Waals surface area contributed by atoms with Gasteiger partial charge in [0.1, 0.15) is 10.7 Å². The predicted octanol–water partition coefficient (Wildman–Crippen LogP) is 5.41.